The van der Waals surface area contributed by atoms with Crippen molar-refractivity contribution in [1.82, 2.24) is 15.1 Å². The maximum atomic E-state index is 12.5. The molecule has 1 aliphatic carbocycles. The van der Waals surface area contributed by atoms with E-state index in [1.54, 1.807) is 11.3 Å². The summed E-state index contributed by atoms with van der Waals surface area (Å²) >= 11 is 7.13. The molecule has 0 atom stereocenters. The Kier molecular flexibility index (Phi) is 7.07. The highest BCUT2D eigenvalue weighted by molar-refractivity contribution is 7.80. The molecule has 0 saturated heterocycles. The van der Waals surface area contributed by atoms with Crippen molar-refractivity contribution in [2.75, 3.05) is 12.4 Å². The fourth-order valence-corrected chi connectivity index (χ4v) is 5.06. The van der Waals surface area contributed by atoms with Gasteiger partial charge < -0.3 is 15.4 Å². The number of thiophene rings is 1. The molecule has 8 heteroatoms. The number of ether oxygens (including phenoxy) is 1. The van der Waals surface area contributed by atoms with E-state index in [2.05, 4.69) is 22.7 Å². The normalized spacial score (nSPS) is 14.0. The minimum absolute atomic E-state index is 0.288. The molecule has 0 saturated carbocycles. The molecule has 0 spiro atoms. The molecule has 0 amide bonds. The van der Waals surface area contributed by atoms with Gasteiger partial charge in [0, 0.05) is 29.7 Å². The van der Waals surface area contributed by atoms with E-state index in [1.807, 2.05) is 17.8 Å². The molecule has 0 fully saturated rings. The minimum atomic E-state index is -0.288. The second-order valence-electron chi connectivity index (χ2n) is 7.02. The summed E-state index contributed by atoms with van der Waals surface area (Å²) in [5, 5.41) is 12.2. The summed E-state index contributed by atoms with van der Waals surface area (Å²) in [4.78, 5) is 13.8. The fourth-order valence-electron chi connectivity index (χ4n) is 3.54. The van der Waals surface area contributed by atoms with Crippen LogP contribution in [-0.4, -0.2) is 28.0 Å². The van der Waals surface area contributed by atoms with Gasteiger partial charge in [0.1, 0.15) is 5.00 Å². The number of rotatable bonds is 5. The van der Waals surface area contributed by atoms with E-state index in [9.17, 15) is 4.79 Å². The Morgan fingerprint density at radius 1 is 1.32 bits per heavy atom. The van der Waals surface area contributed by atoms with Gasteiger partial charge in [-0.15, -0.1) is 11.3 Å². The fraction of sp³-hybridized carbons (Fsp3) is 0.550. The topological polar surface area (TPSA) is 68.2 Å². The molecule has 0 bridgehead atoms. The van der Waals surface area contributed by atoms with Crippen molar-refractivity contribution in [2.24, 2.45) is 0 Å². The van der Waals surface area contributed by atoms with Gasteiger partial charge in [-0.05, 0) is 57.3 Å². The first-order valence-electron chi connectivity index (χ1n) is 9.84. The molecule has 3 rings (SSSR count). The standard InChI is InChI=1S/C20H28N4O2S2/c1-4-24-12-14(13(2)23-24)11-21-20(27)22-18-17(19(25)26-3)15-9-7-5-6-8-10-16(15)28-18/h12H,4-11H2,1-3H3,(H2,21,22,27). The lowest BCUT2D eigenvalue weighted by Gasteiger charge is -2.12. The van der Waals surface area contributed by atoms with Gasteiger partial charge in [-0.25, -0.2) is 4.79 Å². The van der Waals surface area contributed by atoms with Crippen molar-refractivity contribution in [3.05, 3.63) is 33.5 Å². The Labute approximate surface area is 175 Å². The van der Waals surface area contributed by atoms with Gasteiger partial charge in [0.15, 0.2) is 5.11 Å². The number of aryl methyl sites for hydroxylation is 3. The smallest absolute Gasteiger partial charge is 0.341 e. The highest BCUT2D eigenvalue weighted by Crippen LogP contribution is 2.37. The summed E-state index contributed by atoms with van der Waals surface area (Å²) in [6.07, 6.45) is 8.70. The van der Waals surface area contributed by atoms with E-state index < -0.39 is 0 Å². The third-order valence-corrected chi connectivity index (χ3v) is 6.55. The molecule has 0 unspecified atom stereocenters. The first kappa shape index (κ1) is 20.8. The lowest BCUT2D eigenvalue weighted by Crippen LogP contribution is -2.28. The zero-order valence-electron chi connectivity index (χ0n) is 16.8. The van der Waals surface area contributed by atoms with E-state index in [0.717, 1.165) is 54.0 Å². The van der Waals surface area contributed by atoms with Crippen LogP contribution in [0.3, 0.4) is 0 Å². The minimum Gasteiger partial charge on any atom is -0.465 e. The largest absolute Gasteiger partial charge is 0.465 e. The van der Waals surface area contributed by atoms with Crippen LogP contribution in [0, 0.1) is 6.92 Å². The highest BCUT2D eigenvalue weighted by Gasteiger charge is 2.25. The monoisotopic (exact) mass is 420 g/mol. The molecule has 28 heavy (non-hydrogen) atoms. The molecule has 2 aromatic heterocycles. The highest BCUT2D eigenvalue weighted by atomic mass is 32.1. The summed E-state index contributed by atoms with van der Waals surface area (Å²) < 4.78 is 6.98. The van der Waals surface area contributed by atoms with Gasteiger partial charge >= 0.3 is 5.97 Å². The Balaban J connectivity index is 1.74. The molecule has 1 aliphatic rings. The molecule has 2 heterocycles. The van der Waals surface area contributed by atoms with Crippen molar-refractivity contribution in [3.8, 4) is 0 Å². The molecule has 152 valence electrons. The Morgan fingerprint density at radius 2 is 2.07 bits per heavy atom. The zero-order chi connectivity index (χ0) is 20.1. The third kappa shape index (κ3) is 4.72. The van der Waals surface area contributed by atoms with Crippen LogP contribution in [-0.2, 0) is 30.7 Å². The van der Waals surface area contributed by atoms with Gasteiger partial charge in [-0.1, -0.05) is 12.8 Å². The van der Waals surface area contributed by atoms with Crippen LogP contribution in [0.1, 0.15) is 64.7 Å². The molecular weight excluding hydrogens is 392 g/mol. The van der Waals surface area contributed by atoms with Gasteiger partial charge in [-0.2, -0.15) is 5.10 Å². The van der Waals surface area contributed by atoms with Crippen molar-refractivity contribution in [2.45, 2.75) is 65.5 Å². The molecule has 0 aromatic carbocycles. The Morgan fingerprint density at radius 3 is 2.75 bits per heavy atom. The molecule has 6 nitrogen and oxygen atoms in total. The van der Waals surface area contributed by atoms with Crippen LogP contribution in [0.5, 0.6) is 0 Å². The maximum Gasteiger partial charge on any atom is 0.341 e. The van der Waals surface area contributed by atoms with E-state index in [4.69, 9.17) is 17.0 Å². The average Bonchev–Trinajstić information content (AvgIpc) is 3.19. The Hall–Kier alpha value is -1.93. The molecule has 2 N–H and O–H groups in total. The van der Waals surface area contributed by atoms with Gasteiger partial charge in [-0.3, -0.25) is 4.68 Å². The predicted molar refractivity (Wildman–Crippen MR) is 117 cm³/mol. The summed E-state index contributed by atoms with van der Waals surface area (Å²) in [5.74, 6) is -0.288. The van der Waals surface area contributed by atoms with Crippen molar-refractivity contribution >= 4 is 39.6 Å². The van der Waals surface area contributed by atoms with Crippen LogP contribution in [0.4, 0.5) is 5.00 Å². The summed E-state index contributed by atoms with van der Waals surface area (Å²) in [6, 6.07) is 0. The number of anilines is 1. The zero-order valence-corrected chi connectivity index (χ0v) is 18.4. The van der Waals surface area contributed by atoms with Crippen molar-refractivity contribution in [1.29, 1.82) is 0 Å². The number of methoxy groups -OCH3 is 1. The van der Waals surface area contributed by atoms with Crippen LogP contribution in [0.2, 0.25) is 0 Å². The molecular formula is C20H28N4O2S2. The number of carbonyl (C=O) groups is 1. The van der Waals surface area contributed by atoms with Gasteiger partial charge in [0.05, 0.1) is 18.4 Å². The number of aromatic nitrogens is 2. The number of esters is 1. The maximum absolute atomic E-state index is 12.5. The summed E-state index contributed by atoms with van der Waals surface area (Å²) in [6.45, 7) is 5.49. The summed E-state index contributed by atoms with van der Waals surface area (Å²) in [7, 11) is 1.43. The SMILES string of the molecule is CCn1cc(CNC(=S)Nc2sc3c(c2C(=O)OC)CCCCCC3)c(C)n1. The number of nitrogens with zero attached hydrogens (tertiary/aromatic N) is 2. The number of hydrogen-bond donors (Lipinski definition) is 2. The number of hydrogen-bond acceptors (Lipinski definition) is 5. The van der Waals surface area contributed by atoms with Crippen LogP contribution < -0.4 is 10.6 Å². The number of fused-ring (bicyclic) bond motifs is 1. The quantitative estimate of drug-likeness (QED) is 0.558. The molecule has 2 aromatic rings. The molecule has 0 radical (unpaired) electrons. The van der Waals surface area contributed by atoms with Crippen molar-refractivity contribution < 1.29 is 9.53 Å². The Bertz CT molecular complexity index is 857. The second-order valence-corrected chi connectivity index (χ2v) is 8.53. The lowest BCUT2D eigenvalue weighted by molar-refractivity contribution is 0.0601. The van der Waals surface area contributed by atoms with E-state index >= 15 is 0 Å². The van der Waals surface area contributed by atoms with E-state index in [-0.39, 0.29) is 5.97 Å². The number of nitrogens with one attached hydrogen (secondary N) is 2. The average molecular weight is 421 g/mol. The molecule has 0 aliphatic heterocycles. The third-order valence-electron chi connectivity index (χ3n) is 5.10. The van der Waals surface area contributed by atoms with Crippen LogP contribution in [0.15, 0.2) is 6.20 Å². The second kappa shape index (κ2) is 9.52. The van der Waals surface area contributed by atoms with Crippen LogP contribution >= 0.6 is 23.6 Å². The first-order chi connectivity index (χ1) is 13.5. The van der Waals surface area contributed by atoms with Gasteiger partial charge in [0.2, 0.25) is 0 Å². The first-order valence-corrected chi connectivity index (χ1v) is 11.1. The van der Waals surface area contributed by atoms with Crippen molar-refractivity contribution in [3.63, 3.8) is 0 Å². The lowest BCUT2D eigenvalue weighted by atomic mass is 9.96. The predicted octanol–water partition coefficient (Wildman–Crippen LogP) is 4.21. The summed E-state index contributed by atoms with van der Waals surface area (Å²) in [5.41, 5.74) is 3.90. The van der Waals surface area contributed by atoms with E-state index in [1.165, 1.54) is 24.8 Å². The number of thiocarbonyl (C=S) groups is 1. The van der Waals surface area contributed by atoms with Gasteiger partial charge in [0.25, 0.3) is 0 Å². The number of carbonyl (C=O) groups excluding carboxylic acids is 1. The van der Waals surface area contributed by atoms with Crippen LogP contribution in [0.25, 0.3) is 0 Å². The van der Waals surface area contributed by atoms with E-state index in [0.29, 0.717) is 17.2 Å².